The second-order valence-corrected chi connectivity index (χ2v) is 9.93. The average molecular weight is 568 g/mol. The zero-order chi connectivity index (χ0) is 26.7. The predicted molar refractivity (Wildman–Crippen MR) is 143 cm³/mol. The third-order valence-electron chi connectivity index (χ3n) is 6.93. The number of carbonyl (C=O) groups is 3. The Morgan fingerprint density at radius 2 is 1.76 bits per heavy atom. The van der Waals surface area contributed by atoms with Crippen LogP contribution < -0.4 is 4.74 Å². The molecule has 0 amide bonds. The molecule has 1 aliphatic carbocycles. The first-order valence-corrected chi connectivity index (χ1v) is 13.2. The molecule has 194 valence electrons. The molecule has 2 aromatic rings. The van der Waals surface area contributed by atoms with E-state index < -0.39 is 35.6 Å². The average Bonchev–Trinajstić information content (AvgIpc) is 2.87. The van der Waals surface area contributed by atoms with E-state index in [-0.39, 0.29) is 19.0 Å². The monoisotopic (exact) mass is 567 g/mol. The molecular formula is C29H30BrNO6. The van der Waals surface area contributed by atoms with Gasteiger partial charge in [0.2, 0.25) is 0 Å². The maximum atomic E-state index is 14.4. The van der Waals surface area contributed by atoms with Crippen molar-refractivity contribution in [3.63, 3.8) is 0 Å². The molecule has 0 spiro atoms. The molecule has 2 aliphatic rings. The summed E-state index contributed by atoms with van der Waals surface area (Å²) in [5, 5.41) is 0. The van der Waals surface area contributed by atoms with Gasteiger partial charge in [0.05, 0.1) is 31.8 Å². The van der Waals surface area contributed by atoms with E-state index in [4.69, 9.17) is 19.2 Å². The van der Waals surface area contributed by atoms with Gasteiger partial charge < -0.3 is 14.2 Å². The van der Waals surface area contributed by atoms with E-state index >= 15 is 0 Å². The van der Waals surface area contributed by atoms with E-state index in [2.05, 4.69) is 15.9 Å². The van der Waals surface area contributed by atoms with Crippen molar-refractivity contribution in [2.45, 2.75) is 39.0 Å². The third kappa shape index (κ3) is 5.12. The molecule has 0 radical (unpaired) electrons. The number of aliphatic imine (C=N–C) groups is 1. The number of halogens is 1. The van der Waals surface area contributed by atoms with Crippen LogP contribution in [0.25, 0.3) is 0 Å². The molecule has 0 N–H and O–H groups in total. The number of fused-ring (bicyclic) bond motifs is 1. The number of para-hydroxylation sites is 1. The lowest BCUT2D eigenvalue weighted by atomic mass is 9.62. The summed E-state index contributed by atoms with van der Waals surface area (Å²) >= 11 is 3.51. The van der Waals surface area contributed by atoms with E-state index in [1.807, 2.05) is 48.5 Å². The second kappa shape index (κ2) is 11.4. The number of carbonyl (C=O) groups excluding carboxylic acids is 3. The molecule has 2 aromatic carbocycles. The first kappa shape index (κ1) is 26.8. The minimum Gasteiger partial charge on any atom is -0.496 e. The Kier molecular flexibility index (Phi) is 8.27. The summed E-state index contributed by atoms with van der Waals surface area (Å²) < 4.78 is 17.2. The first-order valence-electron chi connectivity index (χ1n) is 12.4. The van der Waals surface area contributed by atoms with Crippen LogP contribution in [0.4, 0.5) is 0 Å². The number of rotatable bonds is 7. The van der Waals surface area contributed by atoms with Gasteiger partial charge in [0.15, 0.2) is 5.78 Å². The van der Waals surface area contributed by atoms with Gasteiger partial charge in [-0.1, -0.05) is 46.3 Å². The van der Waals surface area contributed by atoms with Crippen LogP contribution in [0, 0.1) is 11.8 Å². The molecule has 1 aliphatic heterocycles. The predicted octanol–water partition coefficient (Wildman–Crippen LogP) is 5.39. The van der Waals surface area contributed by atoms with Gasteiger partial charge in [-0.3, -0.25) is 14.6 Å². The molecule has 1 unspecified atom stereocenters. The number of esters is 2. The third-order valence-corrected chi connectivity index (χ3v) is 7.42. The molecule has 0 saturated heterocycles. The summed E-state index contributed by atoms with van der Waals surface area (Å²) in [6.07, 6.45) is 0.345. The smallest absolute Gasteiger partial charge is 0.336 e. The number of ether oxygens (including phenoxy) is 3. The van der Waals surface area contributed by atoms with Crippen LogP contribution in [-0.2, 0) is 23.9 Å². The highest BCUT2D eigenvalue weighted by Gasteiger charge is 2.53. The van der Waals surface area contributed by atoms with Gasteiger partial charge in [-0.15, -0.1) is 0 Å². The quantitative estimate of drug-likeness (QED) is 0.329. The number of hydrogen-bond acceptors (Lipinski definition) is 7. The molecule has 7 nitrogen and oxygen atoms in total. The standard InChI is InChI=1S/C29H30BrNO6/c1-5-36-28(33)23-16(3)31-21-15-20(19-12-7-8-13-22(19)35-4)25(29(34)37-6-2)27(32)26(21)24(23)17-10-9-11-18(30)14-17/h7-14,20,24-26H,5-6,15H2,1-4H3/t20-,24-,25+,26?/m1/s1. The number of ketones is 1. The van der Waals surface area contributed by atoms with Crippen molar-refractivity contribution >= 4 is 39.4 Å². The number of Topliss-reactive ketones (excluding diaryl/α,β-unsaturated/α-hetero) is 1. The zero-order valence-corrected chi connectivity index (χ0v) is 22.9. The molecule has 0 bridgehead atoms. The van der Waals surface area contributed by atoms with E-state index in [1.54, 1.807) is 27.9 Å². The van der Waals surface area contributed by atoms with Crippen LogP contribution in [0.2, 0.25) is 0 Å². The second-order valence-electron chi connectivity index (χ2n) is 9.02. The highest BCUT2D eigenvalue weighted by molar-refractivity contribution is 9.10. The van der Waals surface area contributed by atoms with Crippen molar-refractivity contribution in [3.8, 4) is 5.75 Å². The van der Waals surface area contributed by atoms with Crippen LogP contribution in [0.3, 0.4) is 0 Å². The van der Waals surface area contributed by atoms with Gasteiger partial charge in [0, 0.05) is 27.7 Å². The molecule has 8 heteroatoms. The van der Waals surface area contributed by atoms with Gasteiger partial charge in [0.1, 0.15) is 11.7 Å². The number of benzene rings is 2. The molecule has 1 fully saturated rings. The van der Waals surface area contributed by atoms with Crippen LogP contribution in [0.1, 0.15) is 50.2 Å². The summed E-state index contributed by atoms with van der Waals surface area (Å²) in [4.78, 5) is 45.6. The van der Waals surface area contributed by atoms with Crippen molar-refractivity contribution in [3.05, 3.63) is 75.4 Å². The fourth-order valence-corrected chi connectivity index (χ4v) is 5.90. The van der Waals surface area contributed by atoms with Crippen molar-refractivity contribution in [1.29, 1.82) is 0 Å². The highest BCUT2D eigenvalue weighted by Crippen LogP contribution is 2.49. The Balaban J connectivity index is 1.92. The SMILES string of the molecule is CCOC(=O)C1=C(C)N=C2C[C@H](c3ccccc3OC)[C@H](C(=O)OCC)C(=O)C2[C@@H]1c1cccc(Br)c1. The normalized spacial score (nSPS) is 23.2. The zero-order valence-electron chi connectivity index (χ0n) is 21.3. The fourth-order valence-electron chi connectivity index (χ4n) is 5.48. The van der Waals surface area contributed by atoms with E-state index in [0.29, 0.717) is 29.2 Å². The summed E-state index contributed by atoms with van der Waals surface area (Å²) in [6.45, 7) is 5.55. The molecule has 1 saturated carbocycles. The van der Waals surface area contributed by atoms with Crippen LogP contribution in [-0.4, -0.2) is 43.8 Å². The number of hydrogen-bond donors (Lipinski definition) is 0. The largest absolute Gasteiger partial charge is 0.496 e. The number of methoxy groups -OCH3 is 1. The maximum absolute atomic E-state index is 14.4. The Morgan fingerprint density at radius 3 is 2.43 bits per heavy atom. The van der Waals surface area contributed by atoms with E-state index in [0.717, 1.165) is 15.6 Å². The van der Waals surface area contributed by atoms with Crippen molar-refractivity contribution in [2.75, 3.05) is 20.3 Å². The molecule has 1 heterocycles. The Bertz CT molecular complexity index is 1280. The van der Waals surface area contributed by atoms with Gasteiger partial charge in [0.25, 0.3) is 0 Å². The van der Waals surface area contributed by atoms with Gasteiger partial charge >= 0.3 is 11.9 Å². The maximum Gasteiger partial charge on any atom is 0.336 e. The van der Waals surface area contributed by atoms with Gasteiger partial charge in [-0.25, -0.2) is 4.79 Å². The Morgan fingerprint density at radius 1 is 1.03 bits per heavy atom. The molecule has 4 atom stereocenters. The lowest BCUT2D eigenvalue weighted by molar-refractivity contribution is -0.153. The summed E-state index contributed by atoms with van der Waals surface area (Å²) in [5.74, 6) is -3.87. The van der Waals surface area contributed by atoms with Gasteiger partial charge in [-0.05, 0) is 56.5 Å². The molecule has 4 rings (SSSR count). The Hall–Kier alpha value is -3.26. The molecule has 37 heavy (non-hydrogen) atoms. The minimum atomic E-state index is -1.07. The number of nitrogens with zero attached hydrogens (tertiary/aromatic N) is 1. The lowest BCUT2D eigenvalue weighted by Crippen LogP contribution is -2.48. The van der Waals surface area contributed by atoms with Crippen molar-refractivity contribution < 1.29 is 28.6 Å². The van der Waals surface area contributed by atoms with Gasteiger partial charge in [-0.2, -0.15) is 0 Å². The molecular weight excluding hydrogens is 538 g/mol. The minimum absolute atomic E-state index is 0.148. The van der Waals surface area contributed by atoms with Crippen LogP contribution in [0.5, 0.6) is 5.75 Å². The molecule has 0 aromatic heterocycles. The lowest BCUT2D eigenvalue weighted by Gasteiger charge is -2.41. The van der Waals surface area contributed by atoms with Crippen molar-refractivity contribution in [2.24, 2.45) is 16.8 Å². The van der Waals surface area contributed by atoms with E-state index in [1.165, 1.54) is 0 Å². The van der Waals surface area contributed by atoms with Crippen LogP contribution in [0.15, 0.2) is 69.3 Å². The van der Waals surface area contributed by atoms with Crippen LogP contribution >= 0.6 is 15.9 Å². The Labute approximate surface area is 225 Å². The summed E-state index contributed by atoms with van der Waals surface area (Å²) in [6, 6.07) is 14.9. The summed E-state index contributed by atoms with van der Waals surface area (Å²) in [7, 11) is 1.56. The summed E-state index contributed by atoms with van der Waals surface area (Å²) in [5.41, 5.74) is 2.99. The first-order chi connectivity index (χ1) is 17.8. The highest BCUT2D eigenvalue weighted by atomic mass is 79.9. The fraction of sp³-hybridized carbons (Fsp3) is 0.379. The van der Waals surface area contributed by atoms with Crippen molar-refractivity contribution in [1.82, 2.24) is 0 Å². The topological polar surface area (TPSA) is 91.3 Å². The van der Waals surface area contributed by atoms with E-state index in [9.17, 15) is 14.4 Å². The number of allylic oxidation sites excluding steroid dienone is 1.